The Kier molecular flexibility index (Phi) is 3.87. The molecule has 0 spiro atoms. The third-order valence-electron chi connectivity index (χ3n) is 3.47. The normalized spacial score (nSPS) is 11.1. The Bertz CT molecular complexity index is 522. The highest BCUT2D eigenvalue weighted by molar-refractivity contribution is 5.24. The molecule has 0 fully saturated rings. The van der Waals surface area contributed by atoms with Crippen molar-refractivity contribution in [3.63, 3.8) is 0 Å². The van der Waals surface area contributed by atoms with Crippen LogP contribution in [0, 0.1) is 13.8 Å². The van der Waals surface area contributed by atoms with Gasteiger partial charge < -0.3 is 9.88 Å². The van der Waals surface area contributed by atoms with Gasteiger partial charge in [-0.2, -0.15) is 5.10 Å². The molecule has 18 heavy (non-hydrogen) atoms. The summed E-state index contributed by atoms with van der Waals surface area (Å²) in [5, 5.41) is 7.91. The van der Waals surface area contributed by atoms with Crippen molar-refractivity contribution in [3.8, 4) is 0 Å². The maximum Gasteiger partial charge on any atom is 0.0641 e. The summed E-state index contributed by atoms with van der Waals surface area (Å²) >= 11 is 0. The summed E-state index contributed by atoms with van der Waals surface area (Å²) in [4.78, 5) is 0. The van der Waals surface area contributed by atoms with Gasteiger partial charge in [0.1, 0.15) is 0 Å². The molecule has 0 aliphatic carbocycles. The number of nitrogens with zero attached hydrogens (tertiary/aromatic N) is 3. The Morgan fingerprint density at radius 2 is 2.06 bits per heavy atom. The second kappa shape index (κ2) is 5.40. The van der Waals surface area contributed by atoms with Gasteiger partial charge in [0.2, 0.25) is 0 Å². The summed E-state index contributed by atoms with van der Waals surface area (Å²) in [7, 11) is 1.99. The molecule has 1 N–H and O–H groups in total. The van der Waals surface area contributed by atoms with Gasteiger partial charge in [-0.25, -0.2) is 0 Å². The molecule has 4 heteroatoms. The molecule has 0 atom stereocenters. The van der Waals surface area contributed by atoms with Crippen LogP contribution in [0.3, 0.4) is 0 Å². The highest BCUT2D eigenvalue weighted by Crippen LogP contribution is 2.11. The fraction of sp³-hybridized carbons (Fsp3) is 0.500. The highest BCUT2D eigenvalue weighted by atomic mass is 15.3. The van der Waals surface area contributed by atoms with Crippen molar-refractivity contribution in [1.82, 2.24) is 19.7 Å². The van der Waals surface area contributed by atoms with E-state index >= 15 is 0 Å². The van der Waals surface area contributed by atoms with Gasteiger partial charge in [0.25, 0.3) is 0 Å². The molecule has 0 saturated carbocycles. The van der Waals surface area contributed by atoms with Crippen LogP contribution in [-0.2, 0) is 26.7 Å². The molecular weight excluding hydrogens is 224 g/mol. The zero-order valence-electron chi connectivity index (χ0n) is 11.7. The Morgan fingerprint density at radius 1 is 1.28 bits per heavy atom. The Balaban J connectivity index is 1.92. The highest BCUT2D eigenvalue weighted by Gasteiger charge is 2.08. The van der Waals surface area contributed by atoms with Crippen molar-refractivity contribution < 1.29 is 0 Å². The first kappa shape index (κ1) is 12.9. The number of hydrogen-bond acceptors (Lipinski definition) is 2. The summed E-state index contributed by atoms with van der Waals surface area (Å²) in [5.74, 6) is 0. The monoisotopic (exact) mass is 246 g/mol. The van der Waals surface area contributed by atoms with Crippen LogP contribution in [0.25, 0.3) is 0 Å². The molecule has 2 aromatic rings. The summed E-state index contributed by atoms with van der Waals surface area (Å²) < 4.78 is 4.14. The van der Waals surface area contributed by atoms with Crippen LogP contribution in [0.2, 0.25) is 0 Å². The quantitative estimate of drug-likeness (QED) is 0.877. The van der Waals surface area contributed by atoms with Crippen molar-refractivity contribution >= 4 is 0 Å². The van der Waals surface area contributed by atoms with Crippen molar-refractivity contribution in [2.24, 2.45) is 7.05 Å². The van der Waals surface area contributed by atoms with Crippen LogP contribution in [0.1, 0.15) is 29.4 Å². The number of nitrogens with one attached hydrogen (secondary N) is 1. The van der Waals surface area contributed by atoms with E-state index in [4.69, 9.17) is 0 Å². The summed E-state index contributed by atoms with van der Waals surface area (Å²) in [6.07, 6.45) is 4.31. The molecule has 2 heterocycles. The molecular formula is C14H22N4. The fourth-order valence-corrected chi connectivity index (χ4v) is 2.20. The third-order valence-corrected chi connectivity index (χ3v) is 3.47. The lowest BCUT2D eigenvalue weighted by atomic mass is 10.2. The molecule has 4 nitrogen and oxygen atoms in total. The number of rotatable bonds is 5. The fourth-order valence-electron chi connectivity index (χ4n) is 2.20. The van der Waals surface area contributed by atoms with Gasteiger partial charge in [-0.15, -0.1) is 0 Å². The van der Waals surface area contributed by atoms with Crippen LogP contribution in [-0.4, -0.2) is 14.3 Å². The minimum Gasteiger partial charge on any atom is -0.354 e. The third kappa shape index (κ3) is 2.64. The molecule has 2 aromatic heterocycles. The number of aryl methyl sites for hydroxylation is 3. The molecule has 2 rings (SSSR count). The lowest BCUT2D eigenvalue weighted by Gasteiger charge is -2.04. The maximum absolute atomic E-state index is 4.43. The van der Waals surface area contributed by atoms with Gasteiger partial charge in [0.05, 0.1) is 5.69 Å². The first-order valence-corrected chi connectivity index (χ1v) is 6.46. The summed E-state index contributed by atoms with van der Waals surface area (Å²) in [5.41, 5.74) is 5.00. The average Bonchev–Trinajstić information content (AvgIpc) is 2.89. The van der Waals surface area contributed by atoms with Gasteiger partial charge in [0, 0.05) is 50.3 Å². The van der Waals surface area contributed by atoms with Crippen LogP contribution in [0.15, 0.2) is 18.5 Å². The van der Waals surface area contributed by atoms with E-state index in [1.807, 2.05) is 11.7 Å². The Morgan fingerprint density at radius 3 is 2.61 bits per heavy atom. The van der Waals surface area contributed by atoms with Crippen LogP contribution >= 0.6 is 0 Å². The lowest BCUT2D eigenvalue weighted by Crippen LogP contribution is -2.13. The van der Waals surface area contributed by atoms with E-state index in [9.17, 15) is 0 Å². The topological polar surface area (TPSA) is 34.8 Å². The minimum absolute atomic E-state index is 0.878. The Hall–Kier alpha value is -1.55. The second-order valence-corrected chi connectivity index (χ2v) is 4.73. The predicted octanol–water partition coefficient (Wildman–Crippen LogP) is 2.15. The predicted molar refractivity (Wildman–Crippen MR) is 73.3 cm³/mol. The molecule has 0 radical (unpaired) electrons. The van der Waals surface area contributed by atoms with Gasteiger partial charge in [-0.05, 0) is 32.4 Å². The lowest BCUT2D eigenvalue weighted by molar-refractivity contribution is 0.680. The van der Waals surface area contributed by atoms with Crippen LogP contribution in [0.5, 0.6) is 0 Å². The first-order chi connectivity index (χ1) is 8.61. The van der Waals surface area contributed by atoms with Gasteiger partial charge in [0.15, 0.2) is 0 Å². The van der Waals surface area contributed by atoms with E-state index in [0.29, 0.717) is 0 Å². The van der Waals surface area contributed by atoms with E-state index in [1.54, 1.807) is 0 Å². The first-order valence-electron chi connectivity index (χ1n) is 6.46. The molecule has 0 unspecified atom stereocenters. The average molecular weight is 246 g/mol. The van der Waals surface area contributed by atoms with Gasteiger partial charge >= 0.3 is 0 Å². The molecule has 0 saturated heterocycles. The minimum atomic E-state index is 0.878. The molecule has 0 aromatic carbocycles. The van der Waals surface area contributed by atoms with E-state index in [2.05, 4.69) is 54.2 Å². The van der Waals surface area contributed by atoms with Crippen LogP contribution in [0.4, 0.5) is 0 Å². The molecule has 98 valence electrons. The zero-order valence-corrected chi connectivity index (χ0v) is 11.7. The van der Waals surface area contributed by atoms with Crippen molar-refractivity contribution in [2.45, 2.75) is 40.4 Å². The van der Waals surface area contributed by atoms with E-state index in [1.165, 1.54) is 16.8 Å². The standard InChI is InChI=1S/C14H22N4/c1-5-18-7-6-13(10-18)8-15-9-14-11(2)16-17(4)12(14)3/h6-7,10,15H,5,8-9H2,1-4H3. The maximum atomic E-state index is 4.43. The molecule has 0 amide bonds. The zero-order chi connectivity index (χ0) is 13.1. The van der Waals surface area contributed by atoms with E-state index < -0.39 is 0 Å². The van der Waals surface area contributed by atoms with Crippen molar-refractivity contribution in [1.29, 1.82) is 0 Å². The van der Waals surface area contributed by atoms with Crippen LogP contribution < -0.4 is 5.32 Å². The summed E-state index contributed by atoms with van der Waals surface area (Å²) in [6.45, 7) is 9.14. The Labute approximate surface area is 109 Å². The number of aromatic nitrogens is 3. The molecule has 0 aliphatic rings. The van der Waals surface area contributed by atoms with E-state index in [-0.39, 0.29) is 0 Å². The second-order valence-electron chi connectivity index (χ2n) is 4.73. The van der Waals surface area contributed by atoms with E-state index in [0.717, 1.165) is 25.3 Å². The van der Waals surface area contributed by atoms with Crippen molar-refractivity contribution in [3.05, 3.63) is 41.0 Å². The number of hydrogen-bond donors (Lipinski definition) is 1. The largest absolute Gasteiger partial charge is 0.354 e. The molecule has 0 bridgehead atoms. The molecule has 0 aliphatic heterocycles. The SMILES string of the molecule is CCn1ccc(CNCc2c(C)nn(C)c2C)c1. The summed E-state index contributed by atoms with van der Waals surface area (Å²) in [6, 6.07) is 2.17. The van der Waals surface area contributed by atoms with Gasteiger partial charge in [-0.3, -0.25) is 4.68 Å². The van der Waals surface area contributed by atoms with Gasteiger partial charge in [-0.1, -0.05) is 0 Å². The van der Waals surface area contributed by atoms with Crippen molar-refractivity contribution in [2.75, 3.05) is 0 Å². The smallest absolute Gasteiger partial charge is 0.0641 e.